The van der Waals surface area contributed by atoms with E-state index >= 15 is 0 Å². The van der Waals surface area contributed by atoms with Crippen LogP contribution < -0.4 is 20.9 Å². The lowest BCUT2D eigenvalue weighted by Gasteiger charge is -2.08. The summed E-state index contributed by atoms with van der Waals surface area (Å²) in [6.45, 7) is 0.104. The van der Waals surface area contributed by atoms with Crippen LogP contribution in [0, 0.1) is 4.77 Å². The van der Waals surface area contributed by atoms with Crippen molar-refractivity contribution in [3.63, 3.8) is 0 Å². The molecule has 0 atom stereocenters. The molecule has 0 unspecified atom stereocenters. The summed E-state index contributed by atoms with van der Waals surface area (Å²) in [6.07, 6.45) is 3.05. The standard InChI is InChI=1S/C23H22N6O4S/c1-33-17-8-6-15(7-9-17)25-21(31)14-28-13-16(12-24-28)26-20(30)10-11-29-22(32)18-4-2-3-5-19(18)27-23(29)34/h2-9,12-13H,10-11,14H2,1H3,(H,25,31)(H,26,30)(H,27,34). The van der Waals surface area contributed by atoms with Crippen molar-refractivity contribution >= 4 is 46.3 Å². The summed E-state index contributed by atoms with van der Waals surface area (Å²) in [5.41, 5.74) is 1.48. The van der Waals surface area contributed by atoms with Gasteiger partial charge >= 0.3 is 0 Å². The average Bonchev–Trinajstić information content (AvgIpc) is 3.25. The molecule has 2 amide bonds. The highest BCUT2D eigenvalue weighted by Crippen LogP contribution is 2.15. The normalized spacial score (nSPS) is 10.7. The van der Waals surface area contributed by atoms with Crippen LogP contribution in [-0.2, 0) is 22.7 Å². The third-order valence-electron chi connectivity index (χ3n) is 5.05. The topological polar surface area (TPSA) is 123 Å². The number of carbonyl (C=O) groups is 2. The number of hydrogen-bond donors (Lipinski definition) is 3. The number of carbonyl (C=O) groups excluding carboxylic acids is 2. The fourth-order valence-electron chi connectivity index (χ4n) is 3.38. The van der Waals surface area contributed by atoms with Gasteiger partial charge in [0, 0.05) is 24.8 Å². The summed E-state index contributed by atoms with van der Waals surface area (Å²) in [4.78, 5) is 40.3. The maximum absolute atomic E-state index is 12.7. The van der Waals surface area contributed by atoms with Gasteiger partial charge < -0.3 is 20.4 Å². The molecule has 174 valence electrons. The maximum Gasteiger partial charge on any atom is 0.262 e. The van der Waals surface area contributed by atoms with E-state index in [0.717, 1.165) is 0 Å². The van der Waals surface area contributed by atoms with Crippen molar-refractivity contribution in [1.82, 2.24) is 19.3 Å². The summed E-state index contributed by atoms with van der Waals surface area (Å²) >= 11 is 5.27. The van der Waals surface area contributed by atoms with Gasteiger partial charge in [-0.3, -0.25) is 23.6 Å². The molecule has 0 saturated carbocycles. The summed E-state index contributed by atoms with van der Waals surface area (Å²) in [6, 6.07) is 14.0. The van der Waals surface area contributed by atoms with E-state index in [1.54, 1.807) is 55.8 Å². The third-order valence-corrected chi connectivity index (χ3v) is 5.37. The average molecular weight is 479 g/mol. The van der Waals surface area contributed by atoms with E-state index in [9.17, 15) is 14.4 Å². The number of anilines is 2. The van der Waals surface area contributed by atoms with Crippen LogP contribution in [0.3, 0.4) is 0 Å². The molecule has 0 saturated heterocycles. The van der Waals surface area contributed by atoms with Crippen LogP contribution in [0.2, 0.25) is 0 Å². The van der Waals surface area contributed by atoms with Gasteiger partial charge in [0.1, 0.15) is 12.3 Å². The zero-order valence-electron chi connectivity index (χ0n) is 18.3. The molecule has 4 aromatic rings. The Morgan fingerprint density at radius 3 is 2.56 bits per heavy atom. The maximum atomic E-state index is 12.7. The van der Waals surface area contributed by atoms with Crippen molar-refractivity contribution in [3.05, 3.63) is 76.0 Å². The molecule has 34 heavy (non-hydrogen) atoms. The molecule has 10 nitrogen and oxygen atoms in total. The predicted molar refractivity (Wildman–Crippen MR) is 130 cm³/mol. The zero-order chi connectivity index (χ0) is 24.1. The van der Waals surface area contributed by atoms with E-state index in [0.29, 0.717) is 28.0 Å². The number of nitrogens with zero attached hydrogens (tertiary/aromatic N) is 3. The Bertz CT molecular complexity index is 1450. The molecule has 0 aliphatic rings. The van der Waals surface area contributed by atoms with Gasteiger partial charge in [0.15, 0.2) is 4.77 Å². The highest BCUT2D eigenvalue weighted by Gasteiger charge is 2.10. The second kappa shape index (κ2) is 10.1. The number of hydrogen-bond acceptors (Lipinski definition) is 6. The van der Waals surface area contributed by atoms with E-state index in [2.05, 4.69) is 20.7 Å². The van der Waals surface area contributed by atoms with Crippen LogP contribution >= 0.6 is 12.2 Å². The smallest absolute Gasteiger partial charge is 0.262 e. The van der Waals surface area contributed by atoms with E-state index < -0.39 is 0 Å². The molecule has 2 aromatic carbocycles. The minimum Gasteiger partial charge on any atom is -0.497 e. The molecule has 0 spiro atoms. The number of aromatic nitrogens is 4. The lowest BCUT2D eigenvalue weighted by Crippen LogP contribution is -2.25. The Balaban J connectivity index is 1.32. The van der Waals surface area contributed by atoms with Gasteiger partial charge in [0.2, 0.25) is 11.8 Å². The molecule has 0 bridgehead atoms. The summed E-state index contributed by atoms with van der Waals surface area (Å²) in [7, 11) is 1.57. The molecule has 2 aromatic heterocycles. The number of nitrogens with one attached hydrogen (secondary N) is 3. The van der Waals surface area contributed by atoms with Gasteiger partial charge in [-0.2, -0.15) is 5.10 Å². The van der Waals surface area contributed by atoms with E-state index in [-0.39, 0.29) is 41.7 Å². The molecule has 0 aliphatic heterocycles. The molecular formula is C23H22N6O4S. The number of para-hydroxylation sites is 1. The van der Waals surface area contributed by atoms with Gasteiger partial charge in [-0.1, -0.05) is 12.1 Å². The first-order chi connectivity index (χ1) is 16.4. The van der Waals surface area contributed by atoms with Crippen molar-refractivity contribution in [1.29, 1.82) is 0 Å². The Morgan fingerprint density at radius 1 is 1.06 bits per heavy atom. The van der Waals surface area contributed by atoms with Gasteiger partial charge in [-0.15, -0.1) is 0 Å². The number of aromatic amines is 1. The van der Waals surface area contributed by atoms with Crippen molar-refractivity contribution in [2.75, 3.05) is 17.7 Å². The van der Waals surface area contributed by atoms with Crippen LogP contribution in [0.1, 0.15) is 6.42 Å². The molecule has 3 N–H and O–H groups in total. The Morgan fingerprint density at radius 2 is 1.79 bits per heavy atom. The van der Waals surface area contributed by atoms with Crippen molar-refractivity contribution in [2.45, 2.75) is 19.5 Å². The minimum absolute atomic E-state index is 0.0243. The monoisotopic (exact) mass is 478 g/mol. The van der Waals surface area contributed by atoms with Crippen LogP contribution in [0.15, 0.2) is 65.7 Å². The summed E-state index contributed by atoms with van der Waals surface area (Å²) in [5.74, 6) is 0.116. The molecule has 11 heteroatoms. The minimum atomic E-state index is -0.309. The fourth-order valence-corrected chi connectivity index (χ4v) is 3.66. The van der Waals surface area contributed by atoms with Crippen LogP contribution in [0.4, 0.5) is 11.4 Å². The van der Waals surface area contributed by atoms with E-state index in [4.69, 9.17) is 17.0 Å². The highest BCUT2D eigenvalue weighted by molar-refractivity contribution is 7.71. The number of amides is 2. The second-order valence-corrected chi connectivity index (χ2v) is 7.82. The molecular weight excluding hydrogens is 456 g/mol. The molecule has 0 radical (unpaired) electrons. The lowest BCUT2D eigenvalue weighted by atomic mass is 10.2. The van der Waals surface area contributed by atoms with Gasteiger partial charge in [0.25, 0.3) is 5.56 Å². The van der Waals surface area contributed by atoms with Gasteiger partial charge in [0.05, 0.1) is 29.9 Å². The molecule has 4 rings (SSSR count). The Hall–Kier alpha value is -4.25. The quantitative estimate of drug-likeness (QED) is 0.335. The van der Waals surface area contributed by atoms with E-state index in [1.807, 2.05) is 6.07 Å². The van der Waals surface area contributed by atoms with Crippen LogP contribution in [0.5, 0.6) is 5.75 Å². The molecule has 0 aliphatic carbocycles. The van der Waals surface area contributed by atoms with E-state index in [1.165, 1.54) is 15.4 Å². The SMILES string of the molecule is COc1ccc(NC(=O)Cn2cc(NC(=O)CCn3c(=S)[nH]c4ccccc4c3=O)cn2)cc1. The van der Waals surface area contributed by atoms with Crippen molar-refractivity contribution < 1.29 is 14.3 Å². The second-order valence-electron chi connectivity index (χ2n) is 7.43. The molecule has 0 fully saturated rings. The van der Waals surface area contributed by atoms with Crippen LogP contribution in [-0.4, -0.2) is 38.3 Å². The molecule has 2 heterocycles. The third kappa shape index (κ3) is 5.38. The Labute approximate surface area is 199 Å². The number of methoxy groups -OCH3 is 1. The Kier molecular flexibility index (Phi) is 6.83. The summed E-state index contributed by atoms with van der Waals surface area (Å²) < 4.78 is 8.13. The van der Waals surface area contributed by atoms with Gasteiger partial charge in [-0.05, 0) is 48.6 Å². The number of rotatable bonds is 8. The first-order valence-electron chi connectivity index (χ1n) is 10.4. The first-order valence-corrected chi connectivity index (χ1v) is 10.8. The fraction of sp³-hybridized carbons (Fsp3) is 0.174. The number of fused-ring (bicyclic) bond motifs is 1. The van der Waals surface area contributed by atoms with Crippen molar-refractivity contribution in [3.8, 4) is 5.75 Å². The predicted octanol–water partition coefficient (Wildman–Crippen LogP) is 2.93. The largest absolute Gasteiger partial charge is 0.497 e. The highest BCUT2D eigenvalue weighted by atomic mass is 32.1. The van der Waals surface area contributed by atoms with Gasteiger partial charge in [-0.25, -0.2) is 0 Å². The zero-order valence-corrected chi connectivity index (χ0v) is 19.1. The van der Waals surface area contributed by atoms with Crippen LogP contribution in [0.25, 0.3) is 10.9 Å². The first kappa shape index (κ1) is 22.9. The lowest BCUT2D eigenvalue weighted by molar-refractivity contribution is -0.117. The van der Waals surface area contributed by atoms with Crippen molar-refractivity contribution in [2.24, 2.45) is 0 Å². The number of ether oxygens (including phenoxy) is 1. The summed E-state index contributed by atoms with van der Waals surface area (Å²) in [5, 5.41) is 10.1. The number of benzene rings is 2. The number of H-pyrrole nitrogens is 1.